The number of hydrogen-bond acceptors (Lipinski definition) is 8. The lowest BCUT2D eigenvalue weighted by Crippen LogP contribution is -2.71. The molecule has 3 saturated heterocycles. The maximum absolute atomic E-state index is 13.8. The van der Waals surface area contributed by atoms with Gasteiger partial charge >= 0.3 is 0 Å². The number of morpholine rings is 1. The molecule has 6 atom stereocenters. The zero-order valence-corrected chi connectivity index (χ0v) is 23.6. The van der Waals surface area contributed by atoms with E-state index in [4.69, 9.17) is 4.74 Å². The van der Waals surface area contributed by atoms with Crippen LogP contribution in [0, 0.1) is 5.92 Å². The van der Waals surface area contributed by atoms with Crippen LogP contribution in [0.15, 0.2) is 36.2 Å². The highest BCUT2D eigenvalue weighted by atomic mass is 16.5. The molecule has 5 fully saturated rings. The Morgan fingerprint density at radius 1 is 0.950 bits per heavy atom. The van der Waals surface area contributed by atoms with E-state index in [-0.39, 0.29) is 41.9 Å². The fourth-order valence-electron chi connectivity index (χ4n) is 8.38. The maximum Gasteiger partial charge on any atom is 0.256 e. The van der Waals surface area contributed by atoms with E-state index in [9.17, 15) is 9.59 Å². The molecule has 2 saturated carbocycles. The molecule has 9 nitrogen and oxygen atoms in total. The minimum Gasteiger partial charge on any atom is -0.369 e. The number of nitrogens with zero attached hydrogens (tertiary/aromatic N) is 5. The molecule has 0 bridgehead atoms. The Hall–Kier alpha value is -2.49. The Morgan fingerprint density at radius 2 is 1.77 bits per heavy atom. The van der Waals surface area contributed by atoms with Crippen LogP contribution in [0.4, 0.5) is 5.82 Å². The second-order valence-corrected chi connectivity index (χ2v) is 12.6. The van der Waals surface area contributed by atoms with Gasteiger partial charge in [0.1, 0.15) is 5.82 Å². The number of nitrogens with one attached hydrogen (secondary N) is 1. The Labute approximate surface area is 237 Å². The summed E-state index contributed by atoms with van der Waals surface area (Å²) in [6, 6.07) is 6.70. The van der Waals surface area contributed by atoms with Gasteiger partial charge in [-0.2, -0.15) is 0 Å². The summed E-state index contributed by atoms with van der Waals surface area (Å²) < 4.78 is 6.98. The van der Waals surface area contributed by atoms with Crippen molar-refractivity contribution >= 4 is 17.5 Å². The number of carbonyl (C=O) groups is 2. The molecule has 7 rings (SSSR count). The number of likely N-dealkylation sites (tertiary alicyclic amines) is 1. The van der Waals surface area contributed by atoms with Gasteiger partial charge in [0, 0.05) is 63.6 Å². The zero-order chi connectivity index (χ0) is 27.1. The number of anilines is 1. The molecule has 2 aliphatic carbocycles. The van der Waals surface area contributed by atoms with Crippen molar-refractivity contribution in [1.82, 2.24) is 25.0 Å². The minimum absolute atomic E-state index is 0.000483. The molecule has 5 heterocycles. The van der Waals surface area contributed by atoms with Gasteiger partial charge in [-0.1, -0.05) is 18.9 Å². The van der Waals surface area contributed by atoms with Crippen molar-refractivity contribution in [3.63, 3.8) is 0 Å². The number of Topliss-reactive ketones (excluding diaryl/α,β-unsaturated/α-hetero) is 1. The highest BCUT2D eigenvalue weighted by Crippen LogP contribution is 2.46. The lowest BCUT2D eigenvalue weighted by atomic mass is 9.70. The van der Waals surface area contributed by atoms with Crippen LogP contribution in [-0.2, 0) is 14.3 Å². The summed E-state index contributed by atoms with van der Waals surface area (Å²) in [5.41, 5.74) is 0.370. The highest BCUT2D eigenvalue weighted by Gasteiger charge is 2.56. The van der Waals surface area contributed by atoms with Gasteiger partial charge in [-0.15, -0.1) is 0 Å². The van der Waals surface area contributed by atoms with Crippen molar-refractivity contribution < 1.29 is 14.3 Å². The summed E-state index contributed by atoms with van der Waals surface area (Å²) in [7, 11) is 0. The molecular weight excluding hydrogens is 504 g/mol. The summed E-state index contributed by atoms with van der Waals surface area (Å²) in [6.45, 7) is 7.52. The fraction of sp³-hybridized carbons (Fsp3) is 0.710. The van der Waals surface area contributed by atoms with Crippen molar-refractivity contribution in [3.8, 4) is 0 Å². The van der Waals surface area contributed by atoms with Gasteiger partial charge in [-0.3, -0.25) is 14.5 Å². The summed E-state index contributed by atoms with van der Waals surface area (Å²) in [4.78, 5) is 41.6. The number of aromatic nitrogens is 1. The zero-order valence-electron chi connectivity index (χ0n) is 23.6. The first-order chi connectivity index (χ1) is 19.7. The van der Waals surface area contributed by atoms with Gasteiger partial charge in [0.25, 0.3) is 5.91 Å². The van der Waals surface area contributed by atoms with E-state index in [1.165, 1.54) is 25.7 Å². The van der Waals surface area contributed by atoms with Gasteiger partial charge in [-0.05, 0) is 63.7 Å². The fourth-order valence-corrected chi connectivity index (χ4v) is 8.38. The largest absolute Gasteiger partial charge is 0.369 e. The van der Waals surface area contributed by atoms with E-state index in [2.05, 4.69) is 42.0 Å². The highest BCUT2D eigenvalue weighted by molar-refractivity contribution is 6.20. The normalized spacial score (nSPS) is 34.7. The number of carbonyl (C=O) groups excluding carboxylic acids is 2. The standard InChI is InChI=1S/C31H44N6O3/c38-29-22-10-11-25(35-17-19-36(20-18-35)27-9-3-4-12-32-27)30-28(22)37(24-7-1-2-8-26(24)40-30)21-23(29)31(39)33-13-16-34-14-5-6-15-34/h3-4,9,12,21-22,24-26,28,30H,1-2,5-8,10-11,13-20H2,(H,33,39). The first-order valence-electron chi connectivity index (χ1n) is 15.8. The number of ether oxygens (including phenoxy) is 1. The van der Waals surface area contributed by atoms with Crippen LogP contribution in [0.1, 0.15) is 51.4 Å². The summed E-state index contributed by atoms with van der Waals surface area (Å²) in [6.07, 6.45) is 12.7. The van der Waals surface area contributed by atoms with E-state index in [0.29, 0.717) is 18.2 Å². The van der Waals surface area contributed by atoms with Crippen LogP contribution in [0.3, 0.4) is 0 Å². The van der Waals surface area contributed by atoms with Crippen LogP contribution in [-0.4, -0.2) is 114 Å². The van der Waals surface area contributed by atoms with E-state index in [0.717, 1.165) is 77.3 Å². The van der Waals surface area contributed by atoms with Crippen LogP contribution in [0.2, 0.25) is 0 Å². The Bertz CT molecular complexity index is 1100. The molecule has 40 heavy (non-hydrogen) atoms. The quantitative estimate of drug-likeness (QED) is 0.541. The van der Waals surface area contributed by atoms with E-state index >= 15 is 0 Å². The first kappa shape index (κ1) is 26.4. The number of amides is 1. The van der Waals surface area contributed by atoms with Gasteiger partial charge in [0.15, 0.2) is 5.78 Å². The molecule has 0 aromatic carbocycles. The minimum atomic E-state index is -0.189. The smallest absolute Gasteiger partial charge is 0.256 e. The SMILES string of the molecule is O=C(NCCN1CCCC1)C1=CN2C3CCCCC3OC3C(N4CCN(c5ccccn5)CC4)CCC(C1=O)C32. The van der Waals surface area contributed by atoms with Crippen LogP contribution < -0.4 is 10.2 Å². The number of fused-ring (bicyclic) bond motifs is 2. The number of rotatable bonds is 6. The summed E-state index contributed by atoms with van der Waals surface area (Å²) in [5, 5.41) is 3.08. The number of pyridine rings is 1. The van der Waals surface area contributed by atoms with Gasteiger partial charge in [0.05, 0.1) is 29.9 Å². The Kier molecular flexibility index (Phi) is 7.54. The van der Waals surface area contributed by atoms with E-state index in [1.54, 1.807) is 0 Å². The summed E-state index contributed by atoms with van der Waals surface area (Å²) >= 11 is 0. The van der Waals surface area contributed by atoms with Crippen molar-refractivity contribution in [2.75, 3.05) is 57.3 Å². The van der Waals surface area contributed by atoms with Crippen LogP contribution in [0.25, 0.3) is 0 Å². The van der Waals surface area contributed by atoms with E-state index < -0.39 is 0 Å². The van der Waals surface area contributed by atoms with E-state index in [1.807, 2.05) is 18.5 Å². The third-order valence-electron chi connectivity index (χ3n) is 10.4. The third-order valence-corrected chi connectivity index (χ3v) is 10.4. The molecule has 1 aromatic rings. The van der Waals surface area contributed by atoms with Gasteiger partial charge in [0.2, 0.25) is 0 Å². The molecule has 1 amide bonds. The average molecular weight is 549 g/mol. The number of ketones is 1. The predicted octanol–water partition coefficient (Wildman–Crippen LogP) is 2.04. The molecule has 0 spiro atoms. The Balaban J connectivity index is 1.08. The molecule has 6 aliphatic rings. The number of piperazine rings is 1. The monoisotopic (exact) mass is 548 g/mol. The molecule has 0 radical (unpaired) electrons. The second kappa shape index (κ2) is 11.4. The van der Waals surface area contributed by atoms with Gasteiger partial charge < -0.3 is 24.8 Å². The maximum atomic E-state index is 13.8. The lowest BCUT2D eigenvalue weighted by molar-refractivity contribution is -0.200. The van der Waals surface area contributed by atoms with Crippen molar-refractivity contribution in [2.45, 2.75) is 81.7 Å². The molecule has 216 valence electrons. The molecular formula is C31H44N6O3. The molecule has 6 unspecified atom stereocenters. The van der Waals surface area contributed by atoms with Crippen molar-refractivity contribution in [2.24, 2.45) is 5.92 Å². The first-order valence-corrected chi connectivity index (χ1v) is 15.8. The third kappa shape index (κ3) is 4.94. The van der Waals surface area contributed by atoms with Crippen molar-refractivity contribution in [3.05, 3.63) is 36.2 Å². The number of hydrogen-bond donors (Lipinski definition) is 1. The second-order valence-electron chi connectivity index (χ2n) is 12.6. The molecule has 1 aromatic heterocycles. The van der Waals surface area contributed by atoms with Crippen LogP contribution in [0.5, 0.6) is 0 Å². The predicted molar refractivity (Wildman–Crippen MR) is 153 cm³/mol. The topological polar surface area (TPSA) is 81.2 Å². The van der Waals surface area contributed by atoms with Crippen molar-refractivity contribution in [1.29, 1.82) is 0 Å². The molecule has 9 heteroatoms. The molecule has 1 N–H and O–H groups in total. The van der Waals surface area contributed by atoms with Gasteiger partial charge in [-0.25, -0.2) is 4.98 Å². The summed E-state index contributed by atoms with van der Waals surface area (Å²) in [5.74, 6) is 0.723. The molecule has 4 aliphatic heterocycles. The van der Waals surface area contributed by atoms with Crippen LogP contribution >= 0.6 is 0 Å². The Morgan fingerprint density at radius 3 is 2.58 bits per heavy atom. The lowest BCUT2D eigenvalue weighted by Gasteiger charge is -2.60. The average Bonchev–Trinajstić information content (AvgIpc) is 3.52.